The molecule has 0 radical (unpaired) electrons. The predicted molar refractivity (Wildman–Crippen MR) is 62.0 cm³/mol. The van der Waals surface area contributed by atoms with Gasteiger partial charge in [-0.25, -0.2) is 4.98 Å². The zero-order valence-electron chi connectivity index (χ0n) is 8.83. The van der Waals surface area contributed by atoms with Gasteiger partial charge in [-0.05, 0) is 14.1 Å². The average Bonchev–Trinajstić information content (AvgIpc) is 2.47. The normalized spacial score (nSPS) is 11.2. The summed E-state index contributed by atoms with van der Waals surface area (Å²) in [7, 11) is 6.15. The lowest BCUT2D eigenvalue weighted by atomic mass is 10.5. The Balaban J connectivity index is 2.46. The van der Waals surface area contributed by atoms with Gasteiger partial charge in [0.25, 0.3) is 0 Å². The van der Waals surface area contributed by atoms with Crippen LogP contribution in [0.25, 0.3) is 0 Å². The van der Waals surface area contributed by atoms with E-state index in [1.54, 1.807) is 11.8 Å². The van der Waals surface area contributed by atoms with Crippen LogP contribution in [0.3, 0.4) is 0 Å². The van der Waals surface area contributed by atoms with Gasteiger partial charge < -0.3 is 9.47 Å². The summed E-state index contributed by atoms with van der Waals surface area (Å²) in [6.45, 7) is 1.06. The van der Waals surface area contributed by atoms with Crippen LogP contribution in [0.1, 0.15) is 5.69 Å². The van der Waals surface area contributed by atoms with E-state index in [0.717, 1.165) is 23.1 Å². The molecule has 0 aliphatic heterocycles. The van der Waals surface area contributed by atoms with Gasteiger partial charge in [-0.2, -0.15) is 0 Å². The molecule has 0 aromatic carbocycles. The number of hydrogen-bond acceptors (Lipinski definition) is 3. The first-order chi connectivity index (χ1) is 6.65. The minimum Gasteiger partial charge on any atom is -0.325 e. The van der Waals surface area contributed by atoms with Gasteiger partial charge in [0.2, 0.25) is 0 Å². The highest BCUT2D eigenvalue weighted by Gasteiger charge is 2.05. The smallest absolute Gasteiger partial charge is 0.167 e. The summed E-state index contributed by atoms with van der Waals surface area (Å²) in [5.41, 5.74) is 1.07. The molecule has 80 valence electrons. The van der Waals surface area contributed by atoms with Gasteiger partial charge in [-0.3, -0.25) is 0 Å². The molecule has 3 nitrogen and oxygen atoms in total. The van der Waals surface area contributed by atoms with E-state index in [0.29, 0.717) is 5.88 Å². The molecular formula is C9H16ClN3S. The van der Waals surface area contributed by atoms with E-state index in [-0.39, 0.29) is 0 Å². The highest BCUT2D eigenvalue weighted by atomic mass is 35.5. The third kappa shape index (κ3) is 3.19. The Morgan fingerprint density at radius 2 is 2.29 bits per heavy atom. The van der Waals surface area contributed by atoms with Crippen LogP contribution in [0.15, 0.2) is 11.4 Å². The molecule has 0 saturated carbocycles. The van der Waals surface area contributed by atoms with E-state index in [2.05, 4.69) is 24.0 Å². The fourth-order valence-electron chi connectivity index (χ4n) is 1.00. The molecule has 0 unspecified atom stereocenters. The largest absolute Gasteiger partial charge is 0.325 e. The summed E-state index contributed by atoms with van der Waals surface area (Å²) in [5, 5.41) is 1.04. The summed E-state index contributed by atoms with van der Waals surface area (Å²) in [6, 6.07) is 0. The molecule has 1 heterocycles. The van der Waals surface area contributed by atoms with Gasteiger partial charge in [0.15, 0.2) is 5.16 Å². The van der Waals surface area contributed by atoms with Gasteiger partial charge in [-0.15, -0.1) is 11.6 Å². The summed E-state index contributed by atoms with van der Waals surface area (Å²) < 4.78 is 2.05. The van der Waals surface area contributed by atoms with Crippen molar-refractivity contribution in [1.82, 2.24) is 14.5 Å². The zero-order valence-corrected chi connectivity index (χ0v) is 10.4. The number of aromatic nitrogens is 2. The molecule has 0 N–H and O–H groups in total. The van der Waals surface area contributed by atoms with Gasteiger partial charge in [-0.1, -0.05) is 11.8 Å². The second kappa shape index (κ2) is 5.63. The maximum absolute atomic E-state index is 5.75. The van der Waals surface area contributed by atoms with Crippen molar-refractivity contribution in [2.75, 3.05) is 26.4 Å². The number of nitrogens with zero attached hydrogens (tertiary/aromatic N) is 3. The number of thioether (sulfide) groups is 1. The molecule has 1 aromatic rings. The van der Waals surface area contributed by atoms with Crippen molar-refractivity contribution in [1.29, 1.82) is 0 Å². The first kappa shape index (κ1) is 11.9. The zero-order chi connectivity index (χ0) is 10.6. The third-order valence-corrected chi connectivity index (χ3v) is 3.25. The number of imidazole rings is 1. The second-order valence-electron chi connectivity index (χ2n) is 3.38. The Morgan fingerprint density at radius 3 is 2.79 bits per heavy atom. The predicted octanol–water partition coefficient (Wildman–Crippen LogP) is 1.81. The van der Waals surface area contributed by atoms with Crippen LogP contribution in [0.5, 0.6) is 0 Å². The molecule has 0 fully saturated rings. The highest BCUT2D eigenvalue weighted by molar-refractivity contribution is 7.99. The first-order valence-electron chi connectivity index (χ1n) is 4.49. The van der Waals surface area contributed by atoms with Crippen molar-refractivity contribution < 1.29 is 0 Å². The van der Waals surface area contributed by atoms with Crippen LogP contribution in [-0.2, 0) is 12.9 Å². The average molecular weight is 234 g/mol. The number of hydrogen-bond donors (Lipinski definition) is 0. The minimum absolute atomic E-state index is 0.526. The maximum atomic E-state index is 5.75. The molecular weight excluding hydrogens is 218 g/mol. The lowest BCUT2D eigenvalue weighted by molar-refractivity contribution is 0.437. The van der Waals surface area contributed by atoms with Crippen molar-refractivity contribution in [3.05, 3.63) is 11.9 Å². The minimum atomic E-state index is 0.526. The number of halogens is 1. The van der Waals surface area contributed by atoms with Gasteiger partial charge in [0, 0.05) is 19.3 Å². The van der Waals surface area contributed by atoms with Gasteiger partial charge in [0.1, 0.15) is 0 Å². The Labute approximate surface area is 94.4 Å². The molecule has 0 aliphatic rings. The molecule has 0 bridgehead atoms. The molecule has 0 atom stereocenters. The van der Waals surface area contributed by atoms with Crippen molar-refractivity contribution in [2.24, 2.45) is 7.05 Å². The Hall–Kier alpha value is -0.190. The summed E-state index contributed by atoms with van der Waals surface area (Å²) in [4.78, 5) is 6.47. The van der Waals surface area contributed by atoms with E-state index in [4.69, 9.17) is 11.6 Å². The van der Waals surface area contributed by atoms with E-state index < -0.39 is 0 Å². The highest BCUT2D eigenvalue weighted by Crippen LogP contribution is 2.17. The molecule has 1 rings (SSSR count). The quantitative estimate of drug-likeness (QED) is 0.572. The summed E-state index contributed by atoms with van der Waals surface area (Å²) >= 11 is 7.51. The third-order valence-electron chi connectivity index (χ3n) is 1.95. The van der Waals surface area contributed by atoms with E-state index >= 15 is 0 Å². The lowest BCUT2D eigenvalue weighted by Crippen LogP contribution is -2.15. The summed E-state index contributed by atoms with van der Waals surface area (Å²) in [5.74, 6) is 1.58. The van der Waals surface area contributed by atoms with E-state index in [1.807, 2.05) is 17.8 Å². The Morgan fingerprint density at radius 1 is 1.57 bits per heavy atom. The first-order valence-corrected chi connectivity index (χ1v) is 6.01. The summed E-state index contributed by atoms with van der Waals surface area (Å²) in [6.07, 6.45) is 1.84. The molecule has 0 saturated heterocycles. The van der Waals surface area contributed by atoms with Crippen LogP contribution in [0, 0.1) is 0 Å². The topological polar surface area (TPSA) is 21.1 Å². The Bertz CT molecular complexity index is 286. The van der Waals surface area contributed by atoms with E-state index in [1.165, 1.54) is 0 Å². The van der Waals surface area contributed by atoms with Crippen LogP contribution < -0.4 is 0 Å². The van der Waals surface area contributed by atoms with Crippen molar-refractivity contribution in [2.45, 2.75) is 11.0 Å². The fourth-order valence-corrected chi connectivity index (χ4v) is 2.33. The molecule has 5 heteroatoms. The monoisotopic (exact) mass is 233 g/mol. The second-order valence-corrected chi connectivity index (χ2v) is 4.71. The lowest BCUT2D eigenvalue weighted by Gasteiger charge is -2.08. The van der Waals surface area contributed by atoms with Crippen LogP contribution >= 0.6 is 23.4 Å². The van der Waals surface area contributed by atoms with Crippen LogP contribution in [0.4, 0.5) is 0 Å². The molecule has 0 aliphatic carbocycles. The maximum Gasteiger partial charge on any atom is 0.167 e. The van der Waals surface area contributed by atoms with Gasteiger partial charge >= 0.3 is 0 Å². The standard InChI is InChI=1S/C9H16ClN3S/c1-12(2)4-5-14-9-11-7-8(6-10)13(9)3/h7H,4-6H2,1-3H3. The molecule has 0 amide bonds. The molecule has 14 heavy (non-hydrogen) atoms. The van der Waals surface area contributed by atoms with E-state index in [9.17, 15) is 0 Å². The van der Waals surface area contributed by atoms with Gasteiger partial charge in [0.05, 0.1) is 17.8 Å². The van der Waals surface area contributed by atoms with Crippen LogP contribution in [-0.4, -0.2) is 40.8 Å². The Kier molecular flexibility index (Phi) is 4.78. The molecule has 1 aromatic heterocycles. The van der Waals surface area contributed by atoms with Crippen molar-refractivity contribution in [3.8, 4) is 0 Å². The number of alkyl halides is 1. The SMILES string of the molecule is CN(C)CCSc1ncc(CCl)n1C. The number of rotatable bonds is 5. The fraction of sp³-hybridized carbons (Fsp3) is 0.667. The van der Waals surface area contributed by atoms with Crippen LogP contribution in [0.2, 0.25) is 0 Å². The molecule has 0 spiro atoms. The van der Waals surface area contributed by atoms with Crippen molar-refractivity contribution >= 4 is 23.4 Å². The van der Waals surface area contributed by atoms with Crippen molar-refractivity contribution in [3.63, 3.8) is 0 Å².